The Morgan fingerprint density at radius 2 is 2.00 bits per heavy atom. The van der Waals surface area contributed by atoms with Gasteiger partial charge in [0, 0.05) is 9.75 Å². The largest absolute Gasteiger partial charge is 0.493 e. The van der Waals surface area contributed by atoms with Crippen molar-refractivity contribution >= 4 is 27.3 Å². The zero-order valence-electron chi connectivity index (χ0n) is 12.8. The molecular formula is C17H22BrNOS. The van der Waals surface area contributed by atoms with Gasteiger partial charge in [-0.15, -0.1) is 11.3 Å². The number of halogens is 1. The van der Waals surface area contributed by atoms with Crippen LogP contribution >= 0.6 is 27.3 Å². The number of ether oxygens (including phenoxy) is 1. The zero-order valence-corrected chi connectivity index (χ0v) is 15.2. The molecule has 1 aromatic heterocycles. The molecule has 0 saturated carbocycles. The zero-order chi connectivity index (χ0) is 15.2. The van der Waals surface area contributed by atoms with Gasteiger partial charge >= 0.3 is 0 Å². The predicted octanol–water partition coefficient (Wildman–Crippen LogP) is 5.17. The number of hydrogen-bond acceptors (Lipinski definition) is 3. The van der Waals surface area contributed by atoms with Crippen molar-refractivity contribution in [2.75, 3.05) is 13.2 Å². The van der Waals surface area contributed by atoms with E-state index in [1.807, 2.05) is 24.3 Å². The summed E-state index contributed by atoms with van der Waals surface area (Å²) < 4.78 is 6.61. The Balaban J connectivity index is 2.31. The predicted molar refractivity (Wildman–Crippen MR) is 94.5 cm³/mol. The van der Waals surface area contributed by atoms with Crippen LogP contribution in [0.25, 0.3) is 0 Å². The maximum Gasteiger partial charge on any atom is 0.133 e. The molecule has 0 bridgehead atoms. The highest BCUT2D eigenvalue weighted by molar-refractivity contribution is 9.10. The number of thiophene rings is 1. The van der Waals surface area contributed by atoms with Crippen LogP contribution < -0.4 is 10.1 Å². The first-order chi connectivity index (χ1) is 10.2. The number of nitrogens with one attached hydrogen (secondary N) is 1. The molecule has 1 atom stereocenters. The molecule has 0 saturated heterocycles. The standard InChI is InChI=1S/C17H22BrNOS/c1-4-13-8-10-16(21-13)17(19-5-2)12-7-9-15(20-6-3)14(18)11-12/h7-11,17,19H,4-6H2,1-3H3. The van der Waals surface area contributed by atoms with Gasteiger partial charge < -0.3 is 10.1 Å². The molecule has 0 aliphatic rings. The molecule has 1 N–H and O–H groups in total. The van der Waals surface area contributed by atoms with Crippen molar-refractivity contribution in [3.8, 4) is 5.75 Å². The molecule has 1 unspecified atom stereocenters. The fourth-order valence-corrected chi connectivity index (χ4v) is 3.86. The van der Waals surface area contributed by atoms with E-state index in [0.717, 1.165) is 23.2 Å². The molecule has 0 aliphatic heterocycles. The van der Waals surface area contributed by atoms with Crippen LogP contribution in [-0.2, 0) is 6.42 Å². The Labute approximate surface area is 139 Å². The molecular weight excluding hydrogens is 346 g/mol. The Kier molecular flexibility index (Phi) is 6.27. The molecule has 2 nitrogen and oxygen atoms in total. The van der Waals surface area contributed by atoms with E-state index in [2.05, 4.69) is 59.4 Å². The van der Waals surface area contributed by atoms with Crippen molar-refractivity contribution in [2.45, 2.75) is 33.2 Å². The van der Waals surface area contributed by atoms with Crippen LogP contribution in [0, 0.1) is 0 Å². The second kappa shape index (κ2) is 7.97. The molecule has 2 rings (SSSR count). The minimum Gasteiger partial charge on any atom is -0.493 e. The van der Waals surface area contributed by atoms with E-state index in [0.29, 0.717) is 6.61 Å². The van der Waals surface area contributed by atoms with E-state index in [-0.39, 0.29) is 6.04 Å². The summed E-state index contributed by atoms with van der Waals surface area (Å²) in [5.41, 5.74) is 1.26. The van der Waals surface area contributed by atoms with Gasteiger partial charge in [0.2, 0.25) is 0 Å². The summed E-state index contributed by atoms with van der Waals surface area (Å²) in [5.74, 6) is 0.900. The molecule has 1 heterocycles. The van der Waals surface area contributed by atoms with Gasteiger partial charge in [0.05, 0.1) is 17.1 Å². The third-order valence-corrected chi connectivity index (χ3v) is 5.23. The van der Waals surface area contributed by atoms with E-state index in [1.165, 1.54) is 15.3 Å². The quantitative estimate of drug-likeness (QED) is 0.728. The first-order valence-electron chi connectivity index (χ1n) is 7.43. The minimum atomic E-state index is 0.243. The van der Waals surface area contributed by atoms with Gasteiger partial charge in [-0.1, -0.05) is 19.9 Å². The summed E-state index contributed by atoms with van der Waals surface area (Å²) >= 11 is 5.50. The van der Waals surface area contributed by atoms with E-state index < -0.39 is 0 Å². The van der Waals surface area contributed by atoms with Gasteiger partial charge in [0.25, 0.3) is 0 Å². The third kappa shape index (κ3) is 4.09. The van der Waals surface area contributed by atoms with Gasteiger partial charge in [-0.25, -0.2) is 0 Å². The van der Waals surface area contributed by atoms with Crippen LogP contribution in [0.3, 0.4) is 0 Å². The maximum absolute atomic E-state index is 5.59. The summed E-state index contributed by atoms with van der Waals surface area (Å²) in [6, 6.07) is 11.1. The summed E-state index contributed by atoms with van der Waals surface area (Å²) in [5, 5.41) is 3.58. The highest BCUT2D eigenvalue weighted by Gasteiger charge is 2.16. The summed E-state index contributed by atoms with van der Waals surface area (Å²) in [7, 11) is 0. The van der Waals surface area contributed by atoms with Crippen molar-refractivity contribution in [1.29, 1.82) is 0 Å². The van der Waals surface area contributed by atoms with Crippen molar-refractivity contribution in [3.63, 3.8) is 0 Å². The molecule has 0 fully saturated rings. The fourth-order valence-electron chi connectivity index (χ4n) is 2.30. The average molecular weight is 368 g/mol. The molecule has 0 radical (unpaired) electrons. The number of aryl methyl sites for hydroxylation is 1. The number of rotatable bonds is 7. The van der Waals surface area contributed by atoms with Crippen LogP contribution in [0.1, 0.15) is 42.1 Å². The topological polar surface area (TPSA) is 21.3 Å². The Hall–Kier alpha value is -0.840. The Bertz CT molecular complexity index is 582. The highest BCUT2D eigenvalue weighted by atomic mass is 79.9. The van der Waals surface area contributed by atoms with Crippen molar-refractivity contribution in [1.82, 2.24) is 5.32 Å². The van der Waals surface area contributed by atoms with E-state index in [4.69, 9.17) is 4.74 Å². The SMILES string of the molecule is CCNC(c1ccc(OCC)c(Br)c1)c1ccc(CC)s1. The molecule has 21 heavy (non-hydrogen) atoms. The van der Waals surface area contributed by atoms with Crippen molar-refractivity contribution < 1.29 is 4.74 Å². The number of benzene rings is 1. The molecule has 0 aliphatic carbocycles. The summed E-state index contributed by atoms with van der Waals surface area (Å²) in [6.45, 7) is 7.96. The lowest BCUT2D eigenvalue weighted by Gasteiger charge is -2.18. The van der Waals surface area contributed by atoms with Gasteiger partial charge in [-0.05, 0) is 65.6 Å². The number of hydrogen-bond donors (Lipinski definition) is 1. The van der Waals surface area contributed by atoms with Gasteiger partial charge in [-0.2, -0.15) is 0 Å². The summed E-state index contributed by atoms with van der Waals surface area (Å²) in [4.78, 5) is 2.79. The second-order valence-electron chi connectivity index (χ2n) is 4.77. The fraction of sp³-hybridized carbons (Fsp3) is 0.412. The molecule has 1 aromatic carbocycles. The first kappa shape index (κ1) is 16.5. The maximum atomic E-state index is 5.59. The second-order valence-corrected chi connectivity index (χ2v) is 6.83. The molecule has 0 amide bonds. The smallest absolute Gasteiger partial charge is 0.133 e. The molecule has 0 spiro atoms. The normalized spacial score (nSPS) is 12.4. The lowest BCUT2D eigenvalue weighted by atomic mass is 10.1. The van der Waals surface area contributed by atoms with Gasteiger partial charge in [0.15, 0.2) is 0 Å². The van der Waals surface area contributed by atoms with Crippen LogP contribution in [0.2, 0.25) is 0 Å². The minimum absolute atomic E-state index is 0.243. The highest BCUT2D eigenvalue weighted by Crippen LogP contribution is 2.33. The van der Waals surface area contributed by atoms with Crippen LogP contribution in [-0.4, -0.2) is 13.2 Å². The average Bonchev–Trinajstić information content (AvgIpc) is 2.96. The van der Waals surface area contributed by atoms with Gasteiger partial charge in [0.1, 0.15) is 5.75 Å². The van der Waals surface area contributed by atoms with Gasteiger partial charge in [-0.3, -0.25) is 0 Å². The summed E-state index contributed by atoms with van der Waals surface area (Å²) in [6.07, 6.45) is 1.09. The Morgan fingerprint density at radius 1 is 1.19 bits per heavy atom. The van der Waals surface area contributed by atoms with E-state index in [9.17, 15) is 0 Å². The lowest BCUT2D eigenvalue weighted by Crippen LogP contribution is -2.21. The molecule has 114 valence electrons. The van der Waals surface area contributed by atoms with Crippen molar-refractivity contribution in [2.24, 2.45) is 0 Å². The van der Waals surface area contributed by atoms with Crippen molar-refractivity contribution in [3.05, 3.63) is 50.1 Å². The molecule has 4 heteroatoms. The monoisotopic (exact) mass is 367 g/mol. The lowest BCUT2D eigenvalue weighted by molar-refractivity contribution is 0.338. The van der Waals surface area contributed by atoms with Crippen LogP contribution in [0.5, 0.6) is 5.75 Å². The third-order valence-electron chi connectivity index (χ3n) is 3.31. The molecule has 2 aromatic rings. The van der Waals surface area contributed by atoms with Crippen LogP contribution in [0.15, 0.2) is 34.8 Å². The van der Waals surface area contributed by atoms with Crippen LogP contribution in [0.4, 0.5) is 0 Å². The van der Waals surface area contributed by atoms with E-state index >= 15 is 0 Å². The first-order valence-corrected chi connectivity index (χ1v) is 9.04. The van der Waals surface area contributed by atoms with E-state index in [1.54, 1.807) is 0 Å². The Morgan fingerprint density at radius 3 is 2.57 bits per heavy atom.